The van der Waals surface area contributed by atoms with Crippen molar-refractivity contribution in [1.29, 1.82) is 0 Å². The molecule has 0 aliphatic heterocycles. The van der Waals surface area contributed by atoms with E-state index in [1.807, 2.05) is 30.3 Å². The molecule has 0 bridgehead atoms. The molecule has 1 saturated carbocycles. The third-order valence-corrected chi connectivity index (χ3v) is 4.20. The molecule has 2 atom stereocenters. The Morgan fingerprint density at radius 2 is 1.77 bits per heavy atom. The van der Waals surface area contributed by atoms with Crippen LogP contribution in [0.1, 0.15) is 31.2 Å². The molecule has 0 saturated heterocycles. The van der Waals surface area contributed by atoms with Crippen molar-refractivity contribution < 1.29 is 26.6 Å². The van der Waals surface area contributed by atoms with E-state index in [-0.39, 0.29) is 29.0 Å². The average molecular weight is 340 g/mol. The van der Waals surface area contributed by atoms with E-state index in [0.29, 0.717) is 5.92 Å². The molecule has 0 spiro atoms. The monoisotopic (exact) mass is 340 g/mol. The summed E-state index contributed by atoms with van der Waals surface area (Å²) in [4.78, 5) is 11.7. The molecule has 2 nitrogen and oxygen atoms in total. The molecule has 2 aromatic carbocycles. The standard InChI is InChI=1S/C14H19O2.C5H5.Fe/c1-16-14(15)13-9-5-4-8-12(13)10-11-6-2-3-7-11;1-2-4-5-3-1;/h2-3,6-7,12-13H,4-5,8-10H2,1H3;1-5H;/q2*-1;+2/t12-,13+;;/m0../s1. The van der Waals surface area contributed by atoms with Gasteiger partial charge in [-0.05, 0) is 12.3 Å². The van der Waals surface area contributed by atoms with Gasteiger partial charge in [0.1, 0.15) is 0 Å². The van der Waals surface area contributed by atoms with Gasteiger partial charge >= 0.3 is 23.0 Å². The van der Waals surface area contributed by atoms with Crippen LogP contribution in [0.25, 0.3) is 0 Å². The zero-order valence-electron chi connectivity index (χ0n) is 13.1. The van der Waals surface area contributed by atoms with Gasteiger partial charge in [0.25, 0.3) is 0 Å². The van der Waals surface area contributed by atoms with Crippen molar-refractivity contribution in [3.05, 3.63) is 60.2 Å². The minimum Gasteiger partial charge on any atom is -0.469 e. The Labute approximate surface area is 144 Å². The minimum atomic E-state index is -0.0174. The molecular formula is C19H24FeO2. The fraction of sp³-hybridized carbons (Fsp3) is 0.421. The molecule has 0 aromatic heterocycles. The van der Waals surface area contributed by atoms with Crippen LogP contribution < -0.4 is 0 Å². The Kier molecular flexibility index (Phi) is 8.88. The van der Waals surface area contributed by atoms with Crippen molar-refractivity contribution in [3.8, 4) is 0 Å². The van der Waals surface area contributed by atoms with E-state index in [0.717, 1.165) is 25.7 Å². The van der Waals surface area contributed by atoms with Crippen LogP contribution in [-0.2, 0) is 33.0 Å². The minimum absolute atomic E-state index is 0. The van der Waals surface area contributed by atoms with Gasteiger partial charge in [-0.15, -0.1) is 0 Å². The van der Waals surface area contributed by atoms with E-state index in [4.69, 9.17) is 4.74 Å². The van der Waals surface area contributed by atoms with Gasteiger partial charge in [0.2, 0.25) is 0 Å². The second-order valence-electron chi connectivity index (χ2n) is 5.63. The summed E-state index contributed by atoms with van der Waals surface area (Å²) in [5.74, 6) is 0.577. The van der Waals surface area contributed by atoms with Crippen LogP contribution in [0.4, 0.5) is 0 Å². The second kappa shape index (κ2) is 10.4. The molecular weight excluding hydrogens is 316 g/mol. The van der Waals surface area contributed by atoms with Crippen molar-refractivity contribution in [2.45, 2.75) is 32.1 Å². The summed E-state index contributed by atoms with van der Waals surface area (Å²) < 4.78 is 4.90. The Morgan fingerprint density at radius 3 is 2.32 bits per heavy atom. The Morgan fingerprint density at radius 1 is 1.14 bits per heavy atom. The Hall–Kier alpha value is -1.31. The van der Waals surface area contributed by atoms with Gasteiger partial charge in [-0.1, -0.05) is 25.7 Å². The first-order valence-electron chi connectivity index (χ1n) is 7.76. The summed E-state index contributed by atoms with van der Waals surface area (Å²) >= 11 is 0. The topological polar surface area (TPSA) is 26.3 Å². The van der Waals surface area contributed by atoms with Crippen LogP contribution in [0.2, 0.25) is 0 Å². The third kappa shape index (κ3) is 5.82. The van der Waals surface area contributed by atoms with Crippen molar-refractivity contribution in [2.75, 3.05) is 7.11 Å². The molecule has 22 heavy (non-hydrogen) atoms. The van der Waals surface area contributed by atoms with E-state index < -0.39 is 0 Å². The Balaban J connectivity index is 0.000000344. The van der Waals surface area contributed by atoms with Gasteiger partial charge in [-0.3, -0.25) is 4.79 Å². The zero-order valence-corrected chi connectivity index (χ0v) is 14.2. The first-order valence-corrected chi connectivity index (χ1v) is 7.76. The first-order chi connectivity index (χ1) is 10.3. The number of esters is 1. The summed E-state index contributed by atoms with van der Waals surface area (Å²) in [6.45, 7) is 0. The predicted molar refractivity (Wildman–Crippen MR) is 85.2 cm³/mol. The number of carbonyl (C=O) groups is 1. The number of hydrogen-bond donors (Lipinski definition) is 0. The van der Waals surface area contributed by atoms with Crippen molar-refractivity contribution in [2.24, 2.45) is 11.8 Å². The fourth-order valence-corrected chi connectivity index (χ4v) is 3.09. The normalized spacial score (nSPS) is 20.2. The molecule has 0 N–H and O–H groups in total. The maximum absolute atomic E-state index is 11.7. The van der Waals surface area contributed by atoms with E-state index in [1.54, 1.807) is 0 Å². The van der Waals surface area contributed by atoms with Crippen molar-refractivity contribution >= 4 is 5.97 Å². The first kappa shape index (κ1) is 18.7. The smallest absolute Gasteiger partial charge is 0.469 e. The molecule has 0 unspecified atom stereocenters. The number of hydrogen-bond acceptors (Lipinski definition) is 2. The van der Waals surface area contributed by atoms with Crippen LogP contribution in [-0.4, -0.2) is 13.1 Å². The van der Waals surface area contributed by atoms with Gasteiger partial charge in [-0.25, -0.2) is 24.3 Å². The van der Waals surface area contributed by atoms with Gasteiger partial charge in [0.15, 0.2) is 0 Å². The molecule has 1 aliphatic carbocycles. The molecule has 0 heterocycles. The molecule has 3 heteroatoms. The average Bonchev–Trinajstić information content (AvgIpc) is 3.23. The van der Waals surface area contributed by atoms with Crippen LogP contribution in [0, 0.1) is 11.8 Å². The maximum atomic E-state index is 11.7. The van der Waals surface area contributed by atoms with Gasteiger partial charge in [0.05, 0.1) is 13.0 Å². The molecule has 0 amide bonds. The molecule has 3 rings (SSSR count). The van der Waals surface area contributed by atoms with Crippen LogP contribution in [0.3, 0.4) is 0 Å². The van der Waals surface area contributed by atoms with Gasteiger partial charge in [0, 0.05) is 0 Å². The third-order valence-electron chi connectivity index (χ3n) is 4.20. The van der Waals surface area contributed by atoms with Crippen molar-refractivity contribution in [3.63, 3.8) is 0 Å². The largest absolute Gasteiger partial charge is 2.00 e. The second-order valence-corrected chi connectivity index (χ2v) is 5.63. The molecule has 1 aliphatic rings. The van der Waals surface area contributed by atoms with E-state index in [2.05, 4.69) is 24.3 Å². The Bertz CT molecular complexity index is 470. The molecule has 120 valence electrons. The fourth-order valence-electron chi connectivity index (χ4n) is 3.09. The van der Waals surface area contributed by atoms with E-state index >= 15 is 0 Å². The quantitative estimate of drug-likeness (QED) is 0.472. The predicted octanol–water partition coefficient (Wildman–Crippen LogP) is 4.33. The maximum Gasteiger partial charge on any atom is 2.00 e. The molecule has 1 fully saturated rings. The van der Waals surface area contributed by atoms with Crippen molar-refractivity contribution in [1.82, 2.24) is 0 Å². The number of methoxy groups -OCH3 is 1. The summed E-state index contributed by atoms with van der Waals surface area (Å²) in [6, 6.07) is 18.4. The van der Waals surface area contributed by atoms with E-state index in [1.165, 1.54) is 19.1 Å². The number of carbonyl (C=O) groups excluding carboxylic acids is 1. The zero-order chi connectivity index (χ0) is 14.9. The van der Waals surface area contributed by atoms with Crippen LogP contribution in [0.5, 0.6) is 0 Å². The summed E-state index contributed by atoms with van der Waals surface area (Å²) in [6.07, 6.45) is 5.59. The van der Waals surface area contributed by atoms with Crippen LogP contribution in [0.15, 0.2) is 54.6 Å². The van der Waals surface area contributed by atoms with Crippen LogP contribution >= 0.6 is 0 Å². The molecule has 2 aromatic rings. The number of rotatable bonds is 3. The summed E-state index contributed by atoms with van der Waals surface area (Å²) in [5, 5.41) is 0. The SMILES string of the molecule is COC(=O)[C@@H]1CCCC[C@H]1C[c-]1cccc1.[Fe+2].c1cc[cH-]c1. The summed E-state index contributed by atoms with van der Waals surface area (Å²) in [5.41, 5.74) is 1.35. The molecule has 0 radical (unpaired) electrons. The summed E-state index contributed by atoms with van der Waals surface area (Å²) in [7, 11) is 1.50. The van der Waals surface area contributed by atoms with Gasteiger partial charge < -0.3 is 4.74 Å². The van der Waals surface area contributed by atoms with E-state index in [9.17, 15) is 4.79 Å². The number of ether oxygens (including phenoxy) is 1. The van der Waals surface area contributed by atoms with Gasteiger partial charge in [-0.2, -0.15) is 35.9 Å².